The first kappa shape index (κ1) is 20.5. The van der Waals surface area contributed by atoms with Crippen molar-refractivity contribution in [3.05, 3.63) is 35.4 Å². The van der Waals surface area contributed by atoms with Crippen LogP contribution < -0.4 is 5.32 Å². The van der Waals surface area contributed by atoms with Crippen LogP contribution >= 0.6 is 12.4 Å². The molecule has 6 heteroatoms. The van der Waals surface area contributed by atoms with Crippen molar-refractivity contribution in [2.45, 2.75) is 26.2 Å². The molecule has 0 saturated carbocycles. The Bertz CT molecular complexity index is 561. The highest BCUT2D eigenvalue weighted by molar-refractivity contribution is 5.96. The molecule has 5 nitrogen and oxygen atoms in total. The van der Waals surface area contributed by atoms with E-state index in [-0.39, 0.29) is 36.2 Å². The molecule has 1 aromatic rings. The summed E-state index contributed by atoms with van der Waals surface area (Å²) in [5.41, 5.74) is 1.87. The molecule has 134 valence electrons. The van der Waals surface area contributed by atoms with Crippen LogP contribution in [0.3, 0.4) is 0 Å². The molecule has 1 fully saturated rings. The standard InChI is InChI=1S/C18H27N3O2.ClH/c1-18(2,3)15-7-5-14(6-8-15)17(23)20(4)13-16(22)21-11-9-19-10-12-21;/h5-8,19H,9-13H2,1-4H3;1H. The van der Waals surface area contributed by atoms with E-state index in [0.717, 1.165) is 13.1 Å². The van der Waals surface area contributed by atoms with Crippen LogP contribution in [0.4, 0.5) is 0 Å². The maximum atomic E-state index is 12.5. The van der Waals surface area contributed by atoms with Gasteiger partial charge in [0.25, 0.3) is 5.91 Å². The summed E-state index contributed by atoms with van der Waals surface area (Å²) in [6.07, 6.45) is 0. The number of likely N-dealkylation sites (N-methyl/N-ethyl adjacent to an activating group) is 1. The van der Waals surface area contributed by atoms with Crippen LogP contribution in [0.1, 0.15) is 36.7 Å². The Morgan fingerprint density at radius 2 is 1.67 bits per heavy atom. The second kappa shape index (κ2) is 8.49. The molecule has 0 aliphatic carbocycles. The number of nitrogens with zero attached hydrogens (tertiary/aromatic N) is 2. The maximum Gasteiger partial charge on any atom is 0.254 e. The lowest BCUT2D eigenvalue weighted by Crippen LogP contribution is -2.49. The number of halogens is 1. The molecule has 1 aliphatic rings. The van der Waals surface area contributed by atoms with E-state index in [9.17, 15) is 9.59 Å². The van der Waals surface area contributed by atoms with Crippen molar-refractivity contribution < 1.29 is 9.59 Å². The summed E-state index contributed by atoms with van der Waals surface area (Å²) in [6.45, 7) is 9.60. The van der Waals surface area contributed by atoms with E-state index < -0.39 is 0 Å². The molecule has 24 heavy (non-hydrogen) atoms. The predicted molar refractivity (Wildman–Crippen MR) is 98.8 cm³/mol. The third kappa shape index (κ3) is 5.21. The molecule has 0 unspecified atom stereocenters. The molecular formula is C18H28ClN3O2. The van der Waals surface area contributed by atoms with Crippen LogP contribution in [-0.4, -0.2) is 61.4 Å². The molecule has 1 aromatic carbocycles. The van der Waals surface area contributed by atoms with Crippen molar-refractivity contribution in [1.82, 2.24) is 15.1 Å². The highest BCUT2D eigenvalue weighted by Gasteiger charge is 2.21. The Morgan fingerprint density at radius 3 is 2.17 bits per heavy atom. The number of amides is 2. The minimum absolute atomic E-state index is 0. The number of hydrogen-bond donors (Lipinski definition) is 1. The lowest BCUT2D eigenvalue weighted by Gasteiger charge is -2.29. The normalized spacial score (nSPS) is 14.8. The third-order valence-electron chi connectivity index (χ3n) is 4.19. The fraction of sp³-hybridized carbons (Fsp3) is 0.556. The van der Waals surface area contributed by atoms with Crippen molar-refractivity contribution >= 4 is 24.2 Å². The van der Waals surface area contributed by atoms with Crippen LogP contribution in [0.2, 0.25) is 0 Å². The monoisotopic (exact) mass is 353 g/mol. The van der Waals surface area contributed by atoms with Gasteiger partial charge in [-0.2, -0.15) is 0 Å². The largest absolute Gasteiger partial charge is 0.339 e. The summed E-state index contributed by atoms with van der Waals surface area (Å²) in [5, 5.41) is 3.21. The van der Waals surface area contributed by atoms with Crippen molar-refractivity contribution in [3.63, 3.8) is 0 Å². The summed E-state index contributed by atoms with van der Waals surface area (Å²) in [5.74, 6) is -0.109. The van der Waals surface area contributed by atoms with Crippen LogP contribution in [0.25, 0.3) is 0 Å². The topological polar surface area (TPSA) is 52.7 Å². The molecule has 1 aliphatic heterocycles. The van der Waals surface area contributed by atoms with Crippen molar-refractivity contribution in [2.24, 2.45) is 0 Å². The SMILES string of the molecule is CN(CC(=O)N1CCNCC1)C(=O)c1ccc(C(C)(C)C)cc1.Cl. The number of nitrogens with one attached hydrogen (secondary N) is 1. The van der Waals surface area contributed by atoms with Gasteiger partial charge in [0, 0.05) is 38.8 Å². The van der Waals surface area contributed by atoms with Crippen molar-refractivity contribution in [2.75, 3.05) is 39.8 Å². The van der Waals surface area contributed by atoms with E-state index in [1.165, 1.54) is 10.5 Å². The van der Waals surface area contributed by atoms with Gasteiger partial charge in [-0.25, -0.2) is 0 Å². The van der Waals surface area contributed by atoms with Gasteiger partial charge in [0.15, 0.2) is 0 Å². The van der Waals surface area contributed by atoms with Gasteiger partial charge in [-0.1, -0.05) is 32.9 Å². The summed E-state index contributed by atoms with van der Waals surface area (Å²) >= 11 is 0. The van der Waals surface area contributed by atoms with Crippen LogP contribution in [-0.2, 0) is 10.2 Å². The maximum absolute atomic E-state index is 12.5. The van der Waals surface area contributed by atoms with E-state index in [4.69, 9.17) is 0 Å². The minimum Gasteiger partial charge on any atom is -0.339 e. The van der Waals surface area contributed by atoms with Gasteiger partial charge >= 0.3 is 0 Å². The molecule has 2 amide bonds. The van der Waals surface area contributed by atoms with Gasteiger partial charge in [-0.15, -0.1) is 12.4 Å². The van der Waals surface area contributed by atoms with Crippen LogP contribution in [0.15, 0.2) is 24.3 Å². The zero-order valence-electron chi connectivity index (χ0n) is 15.0. The second-order valence-electron chi connectivity index (χ2n) is 7.12. The van der Waals surface area contributed by atoms with Crippen molar-refractivity contribution in [1.29, 1.82) is 0 Å². The summed E-state index contributed by atoms with van der Waals surface area (Å²) < 4.78 is 0. The lowest BCUT2D eigenvalue weighted by atomic mass is 9.86. The summed E-state index contributed by atoms with van der Waals surface area (Å²) in [6, 6.07) is 7.65. The van der Waals surface area contributed by atoms with Gasteiger partial charge in [-0.05, 0) is 23.1 Å². The van der Waals surface area contributed by atoms with Crippen LogP contribution in [0, 0.1) is 0 Å². The number of benzene rings is 1. The molecule has 0 atom stereocenters. The Labute approximate surface area is 150 Å². The van der Waals surface area contributed by atoms with E-state index >= 15 is 0 Å². The number of hydrogen-bond acceptors (Lipinski definition) is 3. The number of carbonyl (C=O) groups excluding carboxylic acids is 2. The smallest absolute Gasteiger partial charge is 0.254 e. The average Bonchev–Trinajstić information content (AvgIpc) is 2.54. The van der Waals surface area contributed by atoms with Gasteiger partial charge < -0.3 is 15.1 Å². The number of carbonyl (C=O) groups is 2. The number of piperazine rings is 1. The highest BCUT2D eigenvalue weighted by atomic mass is 35.5. The molecule has 1 N–H and O–H groups in total. The molecule has 1 heterocycles. The van der Waals surface area contributed by atoms with Gasteiger partial charge in [0.05, 0.1) is 6.54 Å². The third-order valence-corrected chi connectivity index (χ3v) is 4.19. The first-order chi connectivity index (χ1) is 10.8. The summed E-state index contributed by atoms with van der Waals surface area (Å²) in [7, 11) is 1.68. The van der Waals surface area contributed by atoms with Gasteiger partial charge in [0.2, 0.25) is 5.91 Å². The first-order valence-electron chi connectivity index (χ1n) is 8.13. The predicted octanol–water partition coefficient (Wildman–Crippen LogP) is 1.91. The van der Waals surface area contributed by atoms with E-state index in [0.29, 0.717) is 18.7 Å². The van der Waals surface area contributed by atoms with E-state index in [2.05, 4.69) is 26.1 Å². The minimum atomic E-state index is -0.117. The Morgan fingerprint density at radius 1 is 1.12 bits per heavy atom. The van der Waals surface area contributed by atoms with Gasteiger partial charge in [-0.3, -0.25) is 9.59 Å². The van der Waals surface area contributed by atoms with Crippen LogP contribution in [0.5, 0.6) is 0 Å². The molecule has 1 saturated heterocycles. The Balaban J connectivity index is 0.00000288. The first-order valence-corrected chi connectivity index (χ1v) is 8.13. The Kier molecular flexibility index (Phi) is 7.24. The average molecular weight is 354 g/mol. The fourth-order valence-electron chi connectivity index (χ4n) is 2.62. The van der Waals surface area contributed by atoms with E-state index in [1.807, 2.05) is 29.2 Å². The van der Waals surface area contributed by atoms with E-state index in [1.54, 1.807) is 7.05 Å². The lowest BCUT2D eigenvalue weighted by molar-refractivity contribution is -0.132. The van der Waals surface area contributed by atoms with Gasteiger partial charge in [0.1, 0.15) is 0 Å². The zero-order chi connectivity index (χ0) is 17.0. The molecule has 0 aromatic heterocycles. The quantitative estimate of drug-likeness (QED) is 0.903. The second-order valence-corrected chi connectivity index (χ2v) is 7.12. The molecule has 2 rings (SSSR count). The zero-order valence-corrected chi connectivity index (χ0v) is 15.8. The molecule has 0 spiro atoms. The molecule has 0 radical (unpaired) electrons. The highest BCUT2D eigenvalue weighted by Crippen LogP contribution is 2.22. The Hall–Kier alpha value is -1.59. The molecular weight excluding hydrogens is 326 g/mol. The molecule has 0 bridgehead atoms. The summed E-state index contributed by atoms with van der Waals surface area (Å²) in [4.78, 5) is 28.0. The van der Waals surface area contributed by atoms with Crippen molar-refractivity contribution in [3.8, 4) is 0 Å². The fourth-order valence-corrected chi connectivity index (χ4v) is 2.62. The number of rotatable bonds is 3.